The van der Waals surface area contributed by atoms with Gasteiger partial charge in [0.05, 0.1) is 6.54 Å². The topological polar surface area (TPSA) is 61.6 Å². The number of amides is 1. The minimum Gasteiger partial charge on any atom is -0.359 e. The molecule has 0 bridgehead atoms. The third-order valence-corrected chi connectivity index (χ3v) is 6.09. The van der Waals surface area contributed by atoms with Crippen molar-refractivity contribution in [3.63, 3.8) is 0 Å². The van der Waals surface area contributed by atoms with Gasteiger partial charge in [-0.25, -0.2) is 0 Å². The Morgan fingerprint density at radius 2 is 2.04 bits per heavy atom. The molecule has 2 saturated heterocycles. The lowest BCUT2D eigenvalue weighted by Crippen LogP contribution is -2.60. The zero-order chi connectivity index (χ0) is 18.9. The smallest absolute Gasteiger partial charge is 0.220 e. The number of carbonyl (C=O) groups is 1. The van der Waals surface area contributed by atoms with Gasteiger partial charge in [0, 0.05) is 49.8 Å². The average molecular weight is 368 g/mol. The number of hydrogen-bond acceptors (Lipinski definition) is 5. The molecule has 1 spiro atoms. The molecule has 4 rings (SSSR count). The number of aromatic nitrogens is 1. The van der Waals surface area contributed by atoms with Crippen LogP contribution in [-0.4, -0.2) is 59.6 Å². The van der Waals surface area contributed by atoms with E-state index in [1.165, 1.54) is 5.56 Å². The predicted molar refractivity (Wildman–Crippen MR) is 104 cm³/mol. The van der Waals surface area contributed by atoms with Gasteiger partial charge in [0.25, 0.3) is 0 Å². The number of nitrogens with one attached hydrogen (secondary N) is 1. The summed E-state index contributed by atoms with van der Waals surface area (Å²) >= 11 is 0. The van der Waals surface area contributed by atoms with Crippen molar-refractivity contribution in [2.45, 2.75) is 38.3 Å². The lowest BCUT2D eigenvalue weighted by Gasteiger charge is -2.49. The van der Waals surface area contributed by atoms with Gasteiger partial charge in [0.15, 0.2) is 5.76 Å². The molecule has 0 radical (unpaired) electrons. The number of benzene rings is 1. The number of aryl methyl sites for hydroxylation is 1. The molecule has 3 heterocycles. The van der Waals surface area contributed by atoms with E-state index in [0.717, 1.165) is 62.6 Å². The molecule has 6 nitrogen and oxygen atoms in total. The normalized spacial score (nSPS) is 24.7. The molecule has 6 heteroatoms. The van der Waals surface area contributed by atoms with Gasteiger partial charge in [0.1, 0.15) is 5.69 Å². The second-order valence-electron chi connectivity index (χ2n) is 8.00. The van der Waals surface area contributed by atoms with Crippen LogP contribution in [0.4, 0.5) is 0 Å². The molecule has 27 heavy (non-hydrogen) atoms. The Bertz CT molecular complexity index is 801. The minimum atomic E-state index is 0.0667. The van der Waals surface area contributed by atoms with Crippen molar-refractivity contribution in [2.24, 2.45) is 0 Å². The van der Waals surface area contributed by atoms with E-state index < -0.39 is 0 Å². The van der Waals surface area contributed by atoms with E-state index in [2.05, 4.69) is 58.5 Å². The highest BCUT2D eigenvalue weighted by Crippen LogP contribution is 2.31. The number of carbonyl (C=O) groups excluding carboxylic acids is 1. The van der Waals surface area contributed by atoms with Gasteiger partial charge in [-0.2, -0.15) is 0 Å². The Kier molecular flexibility index (Phi) is 5.02. The van der Waals surface area contributed by atoms with Gasteiger partial charge in [-0.3, -0.25) is 14.6 Å². The molecule has 2 aromatic rings. The van der Waals surface area contributed by atoms with E-state index in [-0.39, 0.29) is 11.4 Å². The Hall–Kier alpha value is -2.18. The summed E-state index contributed by atoms with van der Waals surface area (Å²) < 4.78 is 5.62. The van der Waals surface area contributed by atoms with Crippen molar-refractivity contribution in [3.05, 3.63) is 41.7 Å². The van der Waals surface area contributed by atoms with Gasteiger partial charge in [-0.15, -0.1) is 0 Å². The van der Waals surface area contributed by atoms with Gasteiger partial charge in [-0.05, 0) is 26.8 Å². The molecule has 144 valence electrons. The van der Waals surface area contributed by atoms with E-state index >= 15 is 0 Å². The zero-order valence-electron chi connectivity index (χ0n) is 16.2. The molecule has 1 unspecified atom stereocenters. The van der Waals surface area contributed by atoms with E-state index in [9.17, 15) is 4.79 Å². The highest BCUT2D eigenvalue weighted by molar-refractivity contribution is 5.76. The molecule has 1 N–H and O–H groups in total. The van der Waals surface area contributed by atoms with Crippen LogP contribution in [0.25, 0.3) is 11.3 Å². The van der Waals surface area contributed by atoms with Crippen LogP contribution in [0.1, 0.15) is 30.6 Å². The molecule has 0 saturated carbocycles. The van der Waals surface area contributed by atoms with Crippen molar-refractivity contribution >= 4 is 5.91 Å². The molecule has 1 atom stereocenters. The van der Waals surface area contributed by atoms with Crippen LogP contribution in [0, 0.1) is 6.92 Å². The summed E-state index contributed by atoms with van der Waals surface area (Å²) in [5, 5.41) is 7.27. The lowest BCUT2D eigenvalue weighted by atomic mass is 9.86. The van der Waals surface area contributed by atoms with Crippen molar-refractivity contribution in [1.29, 1.82) is 0 Å². The van der Waals surface area contributed by atoms with Gasteiger partial charge in [0.2, 0.25) is 5.91 Å². The fourth-order valence-electron chi connectivity index (χ4n) is 4.28. The van der Waals surface area contributed by atoms with Crippen LogP contribution in [0.15, 0.2) is 34.9 Å². The number of piperazine rings is 1. The Morgan fingerprint density at radius 3 is 2.85 bits per heavy atom. The Morgan fingerprint density at radius 1 is 1.22 bits per heavy atom. The maximum absolute atomic E-state index is 11.8. The van der Waals surface area contributed by atoms with Crippen LogP contribution < -0.4 is 5.32 Å². The number of nitrogens with zero attached hydrogens (tertiary/aromatic N) is 3. The standard InChI is InChI=1S/C21H28N4O2/c1-16-3-5-17(6-4-16)19-13-18(27-23-19)14-25-12-11-24(2)21(15-25)8-7-20(26)22-10-9-21/h3-6,13H,7-12,14-15H2,1-2H3,(H,22,26). The maximum atomic E-state index is 11.8. The lowest BCUT2D eigenvalue weighted by molar-refractivity contribution is -0.121. The van der Waals surface area contributed by atoms with Gasteiger partial charge < -0.3 is 9.84 Å². The zero-order valence-corrected chi connectivity index (χ0v) is 16.2. The number of likely N-dealkylation sites (N-methyl/N-ethyl adjacent to an activating group) is 1. The van der Waals surface area contributed by atoms with Crippen LogP contribution in [0.3, 0.4) is 0 Å². The van der Waals surface area contributed by atoms with Crippen LogP contribution in [-0.2, 0) is 11.3 Å². The highest BCUT2D eigenvalue weighted by atomic mass is 16.5. The predicted octanol–water partition coefficient (Wildman–Crippen LogP) is 2.44. The van der Waals surface area contributed by atoms with Crippen molar-refractivity contribution in [2.75, 3.05) is 33.2 Å². The third-order valence-electron chi connectivity index (χ3n) is 6.09. The number of hydrogen-bond donors (Lipinski definition) is 1. The maximum Gasteiger partial charge on any atom is 0.220 e. The minimum absolute atomic E-state index is 0.0667. The van der Waals surface area contributed by atoms with Crippen molar-refractivity contribution in [1.82, 2.24) is 20.3 Å². The highest BCUT2D eigenvalue weighted by Gasteiger charge is 2.40. The second-order valence-corrected chi connectivity index (χ2v) is 8.00. The second kappa shape index (κ2) is 7.44. The van der Waals surface area contributed by atoms with Crippen LogP contribution in [0.2, 0.25) is 0 Å². The largest absolute Gasteiger partial charge is 0.359 e. The summed E-state index contributed by atoms with van der Waals surface area (Å²) in [5.74, 6) is 1.07. The number of rotatable bonds is 3. The summed E-state index contributed by atoms with van der Waals surface area (Å²) in [6.07, 6.45) is 2.52. The Balaban J connectivity index is 1.45. The van der Waals surface area contributed by atoms with E-state index in [1.54, 1.807) is 0 Å². The first-order chi connectivity index (χ1) is 13.0. The van der Waals surface area contributed by atoms with E-state index in [4.69, 9.17) is 4.52 Å². The molecule has 0 aliphatic carbocycles. The van der Waals surface area contributed by atoms with E-state index in [0.29, 0.717) is 6.42 Å². The molecular formula is C21H28N4O2. The van der Waals surface area contributed by atoms with E-state index in [1.807, 2.05) is 6.07 Å². The monoisotopic (exact) mass is 368 g/mol. The Labute approximate surface area is 160 Å². The molecule has 2 aliphatic heterocycles. The molecule has 1 amide bonds. The molecule has 1 aromatic heterocycles. The fraction of sp³-hybridized carbons (Fsp3) is 0.524. The van der Waals surface area contributed by atoms with Gasteiger partial charge >= 0.3 is 0 Å². The summed E-state index contributed by atoms with van der Waals surface area (Å²) in [6.45, 7) is 6.57. The molecular weight excluding hydrogens is 340 g/mol. The molecule has 2 fully saturated rings. The molecule has 1 aromatic carbocycles. The summed E-state index contributed by atoms with van der Waals surface area (Å²) in [4.78, 5) is 16.7. The average Bonchev–Trinajstić information content (AvgIpc) is 3.04. The SMILES string of the molecule is Cc1ccc(-c2cc(CN3CCN(C)C4(CCNC(=O)CC4)C3)on2)cc1. The van der Waals surface area contributed by atoms with Gasteiger partial charge in [-0.1, -0.05) is 35.0 Å². The van der Waals surface area contributed by atoms with Crippen molar-refractivity contribution < 1.29 is 9.32 Å². The summed E-state index contributed by atoms with van der Waals surface area (Å²) in [5.41, 5.74) is 3.27. The first-order valence-electron chi connectivity index (χ1n) is 9.77. The molecule has 2 aliphatic rings. The third kappa shape index (κ3) is 3.92. The summed E-state index contributed by atoms with van der Waals surface area (Å²) in [7, 11) is 2.19. The first kappa shape index (κ1) is 18.2. The van der Waals surface area contributed by atoms with Crippen LogP contribution in [0.5, 0.6) is 0 Å². The van der Waals surface area contributed by atoms with Crippen LogP contribution >= 0.6 is 0 Å². The first-order valence-corrected chi connectivity index (χ1v) is 9.77. The summed E-state index contributed by atoms with van der Waals surface area (Å²) in [6, 6.07) is 10.4. The quantitative estimate of drug-likeness (QED) is 0.902. The van der Waals surface area contributed by atoms with Crippen molar-refractivity contribution in [3.8, 4) is 11.3 Å². The fourth-order valence-corrected chi connectivity index (χ4v) is 4.28.